The number of anilines is 1. The van der Waals surface area contributed by atoms with E-state index >= 15 is 0 Å². The lowest BCUT2D eigenvalue weighted by Crippen LogP contribution is -2.13. The summed E-state index contributed by atoms with van der Waals surface area (Å²) in [7, 11) is -3.59. The van der Waals surface area contributed by atoms with Gasteiger partial charge in [-0.25, -0.2) is 8.42 Å². The quantitative estimate of drug-likeness (QED) is 0.789. The largest absolute Gasteiger partial charge is 0.278 e. The molecule has 0 spiro atoms. The molecule has 1 N–H and O–H groups in total. The highest BCUT2D eigenvalue weighted by Gasteiger charge is 2.16. The molecule has 0 radical (unpaired) electrons. The Morgan fingerprint density at radius 1 is 0.950 bits per heavy atom. The summed E-state index contributed by atoms with van der Waals surface area (Å²) in [6.07, 6.45) is 0. The van der Waals surface area contributed by atoms with E-state index in [1.807, 2.05) is 26.0 Å². The van der Waals surface area contributed by atoms with Crippen LogP contribution in [0.25, 0.3) is 0 Å². The van der Waals surface area contributed by atoms with Gasteiger partial charge in [0.25, 0.3) is 10.0 Å². The van der Waals surface area contributed by atoms with Crippen molar-refractivity contribution in [2.24, 2.45) is 0 Å². The summed E-state index contributed by atoms with van der Waals surface area (Å²) in [5.41, 5.74) is 2.45. The highest BCUT2D eigenvalue weighted by molar-refractivity contribution is 9.11. The predicted molar refractivity (Wildman–Crippen MR) is 88.6 cm³/mol. The molecule has 0 unspecified atom stereocenters. The van der Waals surface area contributed by atoms with Crippen molar-refractivity contribution in [3.63, 3.8) is 0 Å². The van der Waals surface area contributed by atoms with Crippen LogP contribution in [0, 0.1) is 13.8 Å². The summed E-state index contributed by atoms with van der Waals surface area (Å²) in [4.78, 5) is 0.241. The number of sulfonamides is 1. The number of aryl methyl sites for hydroxylation is 2. The maximum absolute atomic E-state index is 12.4. The minimum atomic E-state index is -3.59. The third kappa shape index (κ3) is 3.42. The Kier molecular flexibility index (Phi) is 4.56. The molecule has 2 aromatic carbocycles. The van der Waals surface area contributed by atoms with Crippen LogP contribution in [-0.4, -0.2) is 8.42 Å². The fourth-order valence-electron chi connectivity index (χ4n) is 1.69. The summed E-state index contributed by atoms with van der Waals surface area (Å²) in [6.45, 7) is 3.80. The van der Waals surface area contributed by atoms with E-state index in [1.165, 1.54) is 0 Å². The van der Waals surface area contributed by atoms with Crippen molar-refractivity contribution in [2.75, 3.05) is 4.72 Å². The first-order chi connectivity index (χ1) is 9.29. The number of hydrogen-bond acceptors (Lipinski definition) is 2. The smallest absolute Gasteiger partial charge is 0.261 e. The minimum Gasteiger partial charge on any atom is -0.278 e. The molecule has 3 nitrogen and oxygen atoms in total. The molecule has 2 rings (SSSR count). The van der Waals surface area contributed by atoms with Gasteiger partial charge >= 0.3 is 0 Å². The number of hydrogen-bond donors (Lipinski definition) is 1. The Bertz CT molecular complexity index is 758. The molecule has 2 aromatic rings. The summed E-state index contributed by atoms with van der Waals surface area (Å²) >= 11 is 6.72. The van der Waals surface area contributed by atoms with E-state index in [4.69, 9.17) is 0 Å². The van der Waals surface area contributed by atoms with E-state index in [9.17, 15) is 8.42 Å². The van der Waals surface area contributed by atoms with Crippen molar-refractivity contribution in [1.29, 1.82) is 0 Å². The lowest BCUT2D eigenvalue weighted by Gasteiger charge is -2.11. The first-order valence-electron chi connectivity index (χ1n) is 5.85. The molecule has 0 saturated carbocycles. The third-order valence-corrected chi connectivity index (χ3v) is 5.72. The second kappa shape index (κ2) is 5.87. The summed E-state index contributed by atoms with van der Waals surface area (Å²) in [5, 5.41) is 0. The molecule has 6 heteroatoms. The Morgan fingerprint density at radius 2 is 1.65 bits per heavy atom. The number of benzene rings is 2. The summed E-state index contributed by atoms with van der Waals surface area (Å²) in [5.74, 6) is 0. The Morgan fingerprint density at radius 3 is 2.25 bits per heavy atom. The van der Waals surface area contributed by atoms with Crippen LogP contribution in [0.5, 0.6) is 0 Å². The van der Waals surface area contributed by atoms with Crippen LogP contribution in [0.4, 0.5) is 5.69 Å². The number of nitrogens with one attached hydrogen (secondary N) is 1. The zero-order valence-electron chi connectivity index (χ0n) is 10.9. The number of rotatable bonds is 3. The maximum Gasteiger partial charge on any atom is 0.261 e. The highest BCUT2D eigenvalue weighted by Crippen LogP contribution is 2.27. The fraction of sp³-hybridized carbons (Fsp3) is 0.143. The van der Waals surface area contributed by atoms with Crippen molar-refractivity contribution < 1.29 is 8.42 Å². The van der Waals surface area contributed by atoms with Crippen molar-refractivity contribution in [3.05, 3.63) is 56.5 Å². The van der Waals surface area contributed by atoms with Gasteiger partial charge in [-0.3, -0.25) is 4.72 Å². The van der Waals surface area contributed by atoms with Crippen molar-refractivity contribution >= 4 is 47.6 Å². The Hall–Kier alpha value is -0.850. The molecule has 0 aliphatic heterocycles. The molecule has 0 aromatic heterocycles. The number of halogens is 2. The zero-order chi connectivity index (χ0) is 14.9. The van der Waals surface area contributed by atoms with E-state index < -0.39 is 10.0 Å². The first-order valence-corrected chi connectivity index (χ1v) is 8.91. The van der Waals surface area contributed by atoms with Gasteiger partial charge in [-0.05, 0) is 71.2 Å². The van der Waals surface area contributed by atoms with Gasteiger partial charge in [0.05, 0.1) is 10.6 Å². The molecule has 0 aliphatic rings. The molecular formula is C14H13Br2NO2S. The molecule has 0 bridgehead atoms. The van der Waals surface area contributed by atoms with E-state index in [-0.39, 0.29) is 4.90 Å². The van der Waals surface area contributed by atoms with Gasteiger partial charge in [-0.15, -0.1) is 0 Å². The van der Waals surface area contributed by atoms with Crippen LogP contribution >= 0.6 is 31.9 Å². The normalized spacial score (nSPS) is 11.4. The first kappa shape index (κ1) is 15.5. The van der Waals surface area contributed by atoms with Gasteiger partial charge in [0.15, 0.2) is 0 Å². The topological polar surface area (TPSA) is 46.2 Å². The minimum absolute atomic E-state index is 0.241. The van der Waals surface area contributed by atoms with Crippen LogP contribution < -0.4 is 4.72 Å². The van der Waals surface area contributed by atoms with E-state index in [1.54, 1.807) is 24.3 Å². The standard InChI is InChI=1S/C14H13Br2NO2S/c1-9-3-6-14(13(16)7-9)17-20(18,19)11-4-5-12(15)10(2)8-11/h3-8,17H,1-2H3. The Balaban J connectivity index is 2.38. The molecule has 0 atom stereocenters. The van der Waals surface area contributed by atoms with E-state index in [0.29, 0.717) is 5.69 Å². The lowest BCUT2D eigenvalue weighted by molar-refractivity contribution is 0.601. The molecule has 106 valence electrons. The fourth-order valence-corrected chi connectivity index (χ4v) is 3.83. The molecule has 20 heavy (non-hydrogen) atoms. The van der Waals surface area contributed by atoms with Crippen LogP contribution in [0.2, 0.25) is 0 Å². The molecule has 0 aliphatic carbocycles. The van der Waals surface area contributed by atoms with Gasteiger partial charge in [-0.1, -0.05) is 22.0 Å². The van der Waals surface area contributed by atoms with E-state index in [2.05, 4.69) is 36.6 Å². The maximum atomic E-state index is 12.4. The monoisotopic (exact) mass is 417 g/mol. The van der Waals surface area contributed by atoms with Crippen LogP contribution in [0.3, 0.4) is 0 Å². The molecule has 0 saturated heterocycles. The van der Waals surface area contributed by atoms with Gasteiger partial charge < -0.3 is 0 Å². The average Bonchev–Trinajstić information content (AvgIpc) is 2.36. The molecule has 0 fully saturated rings. The second-order valence-corrected chi connectivity index (χ2v) is 7.89. The van der Waals surface area contributed by atoms with Gasteiger partial charge in [0.2, 0.25) is 0 Å². The van der Waals surface area contributed by atoms with Crippen LogP contribution in [0.1, 0.15) is 11.1 Å². The summed E-state index contributed by atoms with van der Waals surface area (Å²) in [6, 6.07) is 10.4. The van der Waals surface area contributed by atoms with Gasteiger partial charge in [-0.2, -0.15) is 0 Å². The average molecular weight is 419 g/mol. The second-order valence-electron chi connectivity index (χ2n) is 4.50. The molecule has 0 amide bonds. The van der Waals surface area contributed by atoms with Crippen molar-refractivity contribution in [2.45, 2.75) is 18.7 Å². The predicted octanol–water partition coefficient (Wildman–Crippen LogP) is 4.63. The van der Waals surface area contributed by atoms with E-state index in [0.717, 1.165) is 20.1 Å². The Labute approximate surface area is 135 Å². The van der Waals surface area contributed by atoms with Crippen molar-refractivity contribution in [1.82, 2.24) is 0 Å². The lowest BCUT2D eigenvalue weighted by atomic mass is 10.2. The van der Waals surface area contributed by atoms with Gasteiger partial charge in [0.1, 0.15) is 0 Å². The van der Waals surface area contributed by atoms with Crippen LogP contribution in [-0.2, 0) is 10.0 Å². The SMILES string of the molecule is Cc1ccc(NS(=O)(=O)c2ccc(Br)c(C)c2)c(Br)c1. The molecule has 0 heterocycles. The third-order valence-electron chi connectivity index (χ3n) is 2.81. The zero-order valence-corrected chi connectivity index (χ0v) is 14.9. The summed E-state index contributed by atoms with van der Waals surface area (Å²) < 4.78 is 28.9. The highest BCUT2D eigenvalue weighted by atomic mass is 79.9. The van der Waals surface area contributed by atoms with Crippen molar-refractivity contribution in [3.8, 4) is 0 Å². The van der Waals surface area contributed by atoms with Gasteiger partial charge in [0, 0.05) is 8.95 Å². The van der Waals surface area contributed by atoms with Crippen LogP contribution in [0.15, 0.2) is 50.2 Å². The molecular weight excluding hydrogens is 406 g/mol.